The van der Waals surface area contributed by atoms with Gasteiger partial charge in [-0.3, -0.25) is 9.78 Å². The van der Waals surface area contributed by atoms with E-state index >= 15 is 0 Å². The van der Waals surface area contributed by atoms with Gasteiger partial charge in [-0.1, -0.05) is 54.1 Å². The Labute approximate surface area is 225 Å². The molecule has 0 bridgehead atoms. The number of Topliss-reactive ketones (excluding diaryl/α,β-unsaturated/α-hetero) is 1. The van der Waals surface area contributed by atoms with E-state index in [1.807, 2.05) is 42.6 Å². The average Bonchev–Trinajstić information content (AvgIpc) is 2.97. The topological polar surface area (TPSA) is 54.5 Å². The SMILES string of the molecule is Cc1ccc(COc2ccc(CC(=O)CCc3cccnc3)cc2)c(-c2cccc(N3CCNCC3)c2)c1. The number of carbonyl (C=O) groups is 1. The molecule has 1 aromatic heterocycles. The second-order valence-corrected chi connectivity index (χ2v) is 9.96. The molecule has 1 aliphatic heterocycles. The molecule has 2 heterocycles. The van der Waals surface area contributed by atoms with Gasteiger partial charge in [0.05, 0.1) is 0 Å². The fourth-order valence-electron chi connectivity index (χ4n) is 4.89. The number of anilines is 1. The first-order valence-electron chi connectivity index (χ1n) is 13.4. The highest BCUT2D eigenvalue weighted by Crippen LogP contribution is 2.30. The molecule has 0 spiro atoms. The van der Waals surface area contributed by atoms with Gasteiger partial charge >= 0.3 is 0 Å². The summed E-state index contributed by atoms with van der Waals surface area (Å²) in [5.41, 5.74) is 8.17. The summed E-state index contributed by atoms with van der Waals surface area (Å²) < 4.78 is 6.20. The Balaban J connectivity index is 1.21. The van der Waals surface area contributed by atoms with Crippen LogP contribution < -0.4 is 15.0 Å². The molecule has 5 nitrogen and oxygen atoms in total. The van der Waals surface area contributed by atoms with Gasteiger partial charge in [0, 0.05) is 57.1 Å². The van der Waals surface area contributed by atoms with Crippen molar-refractivity contribution in [1.82, 2.24) is 10.3 Å². The number of pyridine rings is 1. The maximum absolute atomic E-state index is 12.4. The zero-order valence-corrected chi connectivity index (χ0v) is 22.0. The van der Waals surface area contributed by atoms with Gasteiger partial charge in [0.2, 0.25) is 0 Å². The van der Waals surface area contributed by atoms with Crippen molar-refractivity contribution in [3.8, 4) is 16.9 Å². The molecule has 194 valence electrons. The fraction of sp³-hybridized carbons (Fsp3) is 0.273. The van der Waals surface area contributed by atoms with Gasteiger partial charge < -0.3 is 15.0 Å². The lowest BCUT2D eigenvalue weighted by Gasteiger charge is -2.29. The summed E-state index contributed by atoms with van der Waals surface area (Å²) in [6.07, 6.45) is 5.26. The number of nitrogens with one attached hydrogen (secondary N) is 1. The first kappa shape index (κ1) is 25.7. The summed E-state index contributed by atoms with van der Waals surface area (Å²) >= 11 is 0. The molecule has 0 atom stereocenters. The highest BCUT2D eigenvalue weighted by Gasteiger charge is 2.13. The van der Waals surface area contributed by atoms with Gasteiger partial charge in [-0.25, -0.2) is 0 Å². The van der Waals surface area contributed by atoms with E-state index in [0.717, 1.165) is 55.0 Å². The third-order valence-corrected chi connectivity index (χ3v) is 7.04. The van der Waals surface area contributed by atoms with Crippen molar-refractivity contribution in [1.29, 1.82) is 0 Å². The monoisotopic (exact) mass is 505 g/mol. The molecule has 5 rings (SSSR count). The van der Waals surface area contributed by atoms with Crippen molar-refractivity contribution < 1.29 is 9.53 Å². The molecule has 0 aliphatic carbocycles. The maximum Gasteiger partial charge on any atom is 0.137 e. The lowest BCUT2D eigenvalue weighted by molar-refractivity contribution is -0.118. The molecule has 1 aliphatic rings. The van der Waals surface area contributed by atoms with Crippen LogP contribution in [0.3, 0.4) is 0 Å². The maximum atomic E-state index is 12.4. The Morgan fingerprint density at radius 1 is 0.947 bits per heavy atom. The third-order valence-electron chi connectivity index (χ3n) is 7.04. The first-order valence-corrected chi connectivity index (χ1v) is 13.4. The smallest absolute Gasteiger partial charge is 0.137 e. The summed E-state index contributed by atoms with van der Waals surface area (Å²) in [5.74, 6) is 1.03. The lowest BCUT2D eigenvalue weighted by atomic mass is 9.97. The van der Waals surface area contributed by atoms with E-state index in [0.29, 0.717) is 19.4 Å². The number of ether oxygens (including phenoxy) is 1. The van der Waals surface area contributed by atoms with E-state index in [9.17, 15) is 4.79 Å². The molecule has 0 saturated carbocycles. The number of carbonyl (C=O) groups excluding carboxylic acids is 1. The average molecular weight is 506 g/mol. The van der Waals surface area contributed by atoms with Gasteiger partial charge in [-0.05, 0) is 71.5 Å². The highest BCUT2D eigenvalue weighted by molar-refractivity contribution is 5.81. The van der Waals surface area contributed by atoms with Crippen LogP contribution in [0.15, 0.2) is 91.3 Å². The number of nitrogens with zero attached hydrogens (tertiary/aromatic N) is 2. The number of hydrogen-bond donors (Lipinski definition) is 1. The van der Waals surface area contributed by atoms with E-state index in [4.69, 9.17) is 4.74 Å². The van der Waals surface area contributed by atoms with Crippen molar-refractivity contribution in [3.05, 3.63) is 114 Å². The highest BCUT2D eigenvalue weighted by atomic mass is 16.5. The Morgan fingerprint density at radius 2 is 1.79 bits per heavy atom. The van der Waals surface area contributed by atoms with Gasteiger partial charge in [0.15, 0.2) is 0 Å². The van der Waals surface area contributed by atoms with Gasteiger partial charge in [-0.2, -0.15) is 0 Å². The second kappa shape index (κ2) is 12.5. The number of aryl methyl sites for hydroxylation is 2. The molecular weight excluding hydrogens is 470 g/mol. The lowest BCUT2D eigenvalue weighted by Crippen LogP contribution is -2.43. The quantitative estimate of drug-likeness (QED) is 0.296. The number of ketones is 1. The van der Waals surface area contributed by atoms with E-state index < -0.39 is 0 Å². The van der Waals surface area contributed by atoms with Crippen LogP contribution in [-0.2, 0) is 24.2 Å². The third kappa shape index (κ3) is 6.87. The summed E-state index contributed by atoms with van der Waals surface area (Å²) in [6.45, 7) is 6.71. The van der Waals surface area contributed by atoms with Gasteiger partial charge in [0.25, 0.3) is 0 Å². The van der Waals surface area contributed by atoms with Crippen LogP contribution in [0.4, 0.5) is 5.69 Å². The summed E-state index contributed by atoms with van der Waals surface area (Å²) in [5, 5.41) is 3.43. The Morgan fingerprint density at radius 3 is 2.58 bits per heavy atom. The van der Waals surface area contributed by atoms with Crippen LogP contribution in [0.1, 0.15) is 28.7 Å². The predicted octanol–water partition coefficient (Wildman–Crippen LogP) is 5.79. The normalized spacial score (nSPS) is 13.3. The number of hydrogen-bond acceptors (Lipinski definition) is 5. The summed E-state index contributed by atoms with van der Waals surface area (Å²) in [7, 11) is 0. The zero-order valence-electron chi connectivity index (χ0n) is 22.0. The van der Waals surface area contributed by atoms with Crippen LogP contribution in [0.5, 0.6) is 5.75 Å². The van der Waals surface area contributed by atoms with E-state index in [1.165, 1.54) is 22.4 Å². The molecule has 0 radical (unpaired) electrons. The molecule has 0 unspecified atom stereocenters. The van der Waals surface area contributed by atoms with Crippen LogP contribution in [-0.4, -0.2) is 36.9 Å². The van der Waals surface area contributed by atoms with Gasteiger partial charge in [0.1, 0.15) is 18.1 Å². The molecule has 1 N–H and O–H groups in total. The second-order valence-electron chi connectivity index (χ2n) is 9.96. The van der Waals surface area contributed by atoms with Crippen molar-refractivity contribution in [3.63, 3.8) is 0 Å². The van der Waals surface area contributed by atoms with Crippen molar-refractivity contribution >= 4 is 11.5 Å². The minimum Gasteiger partial charge on any atom is -0.489 e. The van der Waals surface area contributed by atoms with E-state index in [-0.39, 0.29) is 5.78 Å². The Bertz CT molecular complexity index is 1350. The molecule has 5 heteroatoms. The minimum atomic E-state index is 0.231. The largest absolute Gasteiger partial charge is 0.489 e. The molecule has 38 heavy (non-hydrogen) atoms. The van der Waals surface area contributed by atoms with Gasteiger partial charge in [-0.15, -0.1) is 0 Å². The molecule has 3 aromatic carbocycles. The Kier molecular flexibility index (Phi) is 8.46. The molecule has 1 fully saturated rings. The predicted molar refractivity (Wildman–Crippen MR) is 154 cm³/mol. The van der Waals surface area contributed by atoms with Crippen LogP contribution in [0.2, 0.25) is 0 Å². The number of rotatable bonds is 10. The van der Waals surface area contributed by atoms with E-state index in [2.05, 4.69) is 64.6 Å². The molecule has 0 amide bonds. The van der Waals surface area contributed by atoms with Crippen LogP contribution in [0, 0.1) is 6.92 Å². The standard InChI is InChI=1S/C33H35N3O2/c1-25-7-11-29(33(20-25)28-5-2-6-30(22-28)36-18-16-34-17-19-36)24-38-32-13-9-26(10-14-32)21-31(37)12-8-27-4-3-15-35-23-27/h2-7,9-11,13-15,20,22-23,34H,8,12,16-19,21,24H2,1H3. The molecular formula is C33H35N3O2. The summed E-state index contributed by atoms with van der Waals surface area (Å²) in [6, 6.07) is 27.2. The molecule has 1 saturated heterocycles. The zero-order chi connectivity index (χ0) is 26.2. The Hall–Kier alpha value is -3.96. The first-order chi connectivity index (χ1) is 18.6. The molecule has 4 aromatic rings. The number of aromatic nitrogens is 1. The minimum absolute atomic E-state index is 0.231. The van der Waals surface area contributed by atoms with Crippen LogP contribution >= 0.6 is 0 Å². The fourth-order valence-corrected chi connectivity index (χ4v) is 4.89. The summed E-state index contributed by atoms with van der Waals surface area (Å²) in [4.78, 5) is 19.0. The number of piperazine rings is 1. The van der Waals surface area contributed by atoms with Crippen molar-refractivity contribution in [2.24, 2.45) is 0 Å². The van der Waals surface area contributed by atoms with Crippen LogP contribution in [0.25, 0.3) is 11.1 Å². The number of benzene rings is 3. The van der Waals surface area contributed by atoms with E-state index in [1.54, 1.807) is 6.20 Å². The van der Waals surface area contributed by atoms with Crippen molar-refractivity contribution in [2.45, 2.75) is 32.8 Å². The van der Waals surface area contributed by atoms with Crippen molar-refractivity contribution in [2.75, 3.05) is 31.1 Å².